The smallest absolute Gasteiger partial charge is 0.414 e. The van der Waals surface area contributed by atoms with Crippen molar-refractivity contribution in [3.63, 3.8) is 0 Å². The monoisotopic (exact) mass is 615 g/mol. The van der Waals surface area contributed by atoms with Gasteiger partial charge in [-0.15, -0.1) is 0 Å². The molecule has 3 heterocycles. The largest absolute Gasteiger partial charge is 0.447 e. The van der Waals surface area contributed by atoms with Crippen molar-refractivity contribution >= 4 is 40.9 Å². The predicted molar refractivity (Wildman–Crippen MR) is 166 cm³/mol. The molecule has 2 N–H and O–H groups in total. The van der Waals surface area contributed by atoms with Crippen LogP contribution in [0, 0.1) is 5.92 Å². The Bertz CT molecular complexity index is 1640. The lowest BCUT2D eigenvalue weighted by atomic mass is 9.83. The summed E-state index contributed by atoms with van der Waals surface area (Å²) in [6, 6.07) is 19.9. The third-order valence-electron chi connectivity index (χ3n) is 8.82. The first-order valence-electron chi connectivity index (χ1n) is 14.7. The van der Waals surface area contributed by atoms with Crippen LogP contribution < -0.4 is 9.80 Å². The number of amides is 3. The molecule has 228 valence electrons. The number of rotatable bonds is 8. The van der Waals surface area contributed by atoms with Gasteiger partial charge in [0.2, 0.25) is 5.91 Å². The summed E-state index contributed by atoms with van der Waals surface area (Å²) in [4.78, 5) is 44.1. The lowest BCUT2D eigenvalue weighted by Crippen LogP contribution is -2.46. The van der Waals surface area contributed by atoms with Crippen LogP contribution in [0.4, 0.5) is 16.2 Å². The van der Waals surface area contributed by atoms with Crippen molar-refractivity contribution in [1.82, 2.24) is 4.90 Å². The Balaban J connectivity index is 1.20. The van der Waals surface area contributed by atoms with E-state index >= 15 is 0 Å². The van der Waals surface area contributed by atoms with Gasteiger partial charge >= 0.3 is 6.09 Å². The van der Waals surface area contributed by atoms with Gasteiger partial charge in [0.25, 0.3) is 5.91 Å². The van der Waals surface area contributed by atoms with Gasteiger partial charge in [-0.2, -0.15) is 0 Å². The number of hydrogen-bond acceptors (Lipinski definition) is 6. The van der Waals surface area contributed by atoms with Gasteiger partial charge in [-0.25, -0.2) is 4.79 Å². The molecule has 0 radical (unpaired) electrons. The minimum Gasteiger partial charge on any atom is -0.447 e. The lowest BCUT2D eigenvalue weighted by Gasteiger charge is -2.36. The summed E-state index contributed by atoms with van der Waals surface area (Å²) in [6.07, 6.45) is 3.61. The molecule has 1 fully saturated rings. The van der Waals surface area contributed by atoms with Gasteiger partial charge in [0.05, 0.1) is 31.4 Å². The van der Waals surface area contributed by atoms with Crippen molar-refractivity contribution in [2.24, 2.45) is 5.92 Å². The van der Waals surface area contributed by atoms with Crippen LogP contribution in [-0.4, -0.2) is 58.8 Å². The molecule has 3 aliphatic rings. The Kier molecular flexibility index (Phi) is 8.20. The van der Waals surface area contributed by atoms with Crippen LogP contribution in [0.1, 0.15) is 35.6 Å². The average molecular weight is 616 g/mol. The number of anilines is 2. The van der Waals surface area contributed by atoms with E-state index < -0.39 is 23.5 Å². The molecular formula is C34H34ClN3O6. The minimum absolute atomic E-state index is 0.0606. The summed E-state index contributed by atoms with van der Waals surface area (Å²) >= 11 is 6.33. The van der Waals surface area contributed by atoms with E-state index in [1.54, 1.807) is 47.1 Å². The molecule has 0 saturated carbocycles. The molecule has 6 rings (SSSR count). The number of halogens is 1. The molecule has 10 heteroatoms. The lowest BCUT2D eigenvalue weighted by molar-refractivity contribution is -0.139. The SMILES string of the molecule is C[C@@H](/C=C/CC(=O)N1Cc2ccccc2C[C@H]1CO)[C@]1(O)C(=O)N(Cc2cccc(N3CCOC3=O)c2)c2ccc(Cl)cc21. The van der Waals surface area contributed by atoms with Crippen LogP contribution in [-0.2, 0) is 39.4 Å². The van der Waals surface area contributed by atoms with Crippen molar-refractivity contribution in [2.75, 3.05) is 29.6 Å². The number of aliphatic hydroxyl groups excluding tert-OH is 1. The fourth-order valence-electron chi connectivity index (χ4n) is 6.38. The fourth-order valence-corrected chi connectivity index (χ4v) is 6.55. The van der Waals surface area contributed by atoms with E-state index in [1.807, 2.05) is 48.5 Å². The summed E-state index contributed by atoms with van der Waals surface area (Å²) < 4.78 is 5.06. The molecule has 44 heavy (non-hydrogen) atoms. The van der Waals surface area contributed by atoms with Gasteiger partial charge in [0, 0.05) is 35.2 Å². The molecular weight excluding hydrogens is 582 g/mol. The topological polar surface area (TPSA) is 111 Å². The zero-order valence-electron chi connectivity index (χ0n) is 24.4. The maximum Gasteiger partial charge on any atom is 0.414 e. The number of fused-ring (bicyclic) bond motifs is 2. The normalized spacial score (nSPS) is 21.9. The Morgan fingerprint density at radius 2 is 1.91 bits per heavy atom. The third kappa shape index (κ3) is 5.36. The van der Waals surface area contributed by atoms with Crippen LogP contribution >= 0.6 is 11.6 Å². The number of cyclic esters (lactones) is 1. The van der Waals surface area contributed by atoms with E-state index in [4.69, 9.17) is 16.3 Å². The number of aliphatic hydroxyl groups is 2. The first-order chi connectivity index (χ1) is 21.2. The highest BCUT2D eigenvalue weighted by atomic mass is 35.5. The summed E-state index contributed by atoms with van der Waals surface area (Å²) in [5, 5.41) is 22.4. The molecule has 0 aromatic heterocycles. The van der Waals surface area contributed by atoms with E-state index in [1.165, 1.54) is 4.90 Å². The zero-order chi connectivity index (χ0) is 31.0. The Labute approximate surface area is 260 Å². The molecule has 3 aromatic carbocycles. The van der Waals surface area contributed by atoms with Crippen molar-refractivity contribution in [3.8, 4) is 0 Å². The predicted octanol–water partition coefficient (Wildman–Crippen LogP) is 4.56. The number of carbonyl (C=O) groups excluding carboxylic acids is 3. The number of carbonyl (C=O) groups is 3. The van der Waals surface area contributed by atoms with Crippen LogP contribution in [0.2, 0.25) is 5.02 Å². The minimum atomic E-state index is -1.91. The maximum atomic E-state index is 14.0. The van der Waals surface area contributed by atoms with Crippen LogP contribution in [0.3, 0.4) is 0 Å². The quantitative estimate of drug-likeness (QED) is 0.360. The molecule has 3 aliphatic heterocycles. The second kappa shape index (κ2) is 12.1. The summed E-state index contributed by atoms with van der Waals surface area (Å²) in [5.41, 5.74) is 2.67. The molecule has 0 bridgehead atoms. The molecule has 0 aliphatic carbocycles. The standard InChI is InChI=1S/C34H34ClN3O6/c1-22(6-4-11-31(40)37-20-25-9-3-2-8-24(25)17-28(37)21-39)34(43)29-18-26(35)12-13-30(29)38(32(34)41)19-23-7-5-10-27(16-23)36-14-15-44-33(36)42/h2-10,12-13,16,18,22,28,39,43H,11,14-15,17,19-21H2,1H3/b6-4+/t22-,28-,34+/m0/s1. The van der Waals surface area contributed by atoms with Gasteiger partial charge in [0.15, 0.2) is 5.60 Å². The first kappa shape index (κ1) is 29.9. The summed E-state index contributed by atoms with van der Waals surface area (Å²) in [6.45, 7) is 2.96. The van der Waals surface area contributed by atoms with Gasteiger partial charge < -0.3 is 24.7 Å². The average Bonchev–Trinajstić information content (AvgIpc) is 3.55. The number of nitrogens with zero attached hydrogens (tertiary/aromatic N) is 3. The van der Waals surface area contributed by atoms with Crippen LogP contribution in [0.5, 0.6) is 0 Å². The number of benzene rings is 3. The Hall–Kier alpha value is -4.18. The molecule has 3 amide bonds. The molecule has 0 spiro atoms. The van der Waals surface area contributed by atoms with Gasteiger partial charge in [-0.05, 0) is 53.4 Å². The van der Waals surface area contributed by atoms with Crippen molar-refractivity contribution in [1.29, 1.82) is 0 Å². The van der Waals surface area contributed by atoms with E-state index in [-0.39, 0.29) is 31.5 Å². The molecule has 3 aromatic rings. The second-order valence-electron chi connectivity index (χ2n) is 11.5. The second-order valence-corrected chi connectivity index (χ2v) is 11.9. The zero-order valence-corrected chi connectivity index (χ0v) is 25.1. The van der Waals surface area contributed by atoms with Crippen molar-refractivity contribution < 1.29 is 29.3 Å². The Morgan fingerprint density at radius 3 is 2.66 bits per heavy atom. The number of hydrogen-bond donors (Lipinski definition) is 2. The fraction of sp³-hybridized carbons (Fsp3) is 0.324. The molecule has 1 saturated heterocycles. The number of ether oxygens (including phenoxy) is 1. The molecule has 3 atom stereocenters. The first-order valence-corrected chi connectivity index (χ1v) is 15.1. The highest BCUT2D eigenvalue weighted by Crippen LogP contribution is 2.47. The van der Waals surface area contributed by atoms with Crippen LogP contribution in [0.25, 0.3) is 0 Å². The highest BCUT2D eigenvalue weighted by Gasteiger charge is 2.52. The van der Waals surface area contributed by atoms with Crippen LogP contribution in [0.15, 0.2) is 78.9 Å². The van der Waals surface area contributed by atoms with E-state index in [0.29, 0.717) is 48.1 Å². The van der Waals surface area contributed by atoms with E-state index in [0.717, 1.165) is 16.7 Å². The van der Waals surface area contributed by atoms with Crippen molar-refractivity contribution in [2.45, 2.75) is 44.5 Å². The van der Waals surface area contributed by atoms with Gasteiger partial charge in [-0.3, -0.25) is 14.5 Å². The van der Waals surface area contributed by atoms with E-state index in [9.17, 15) is 24.6 Å². The highest BCUT2D eigenvalue weighted by molar-refractivity contribution is 6.31. The van der Waals surface area contributed by atoms with Gasteiger partial charge in [-0.1, -0.05) is 67.1 Å². The summed E-state index contributed by atoms with van der Waals surface area (Å²) in [5.74, 6) is -1.33. The maximum absolute atomic E-state index is 14.0. The van der Waals surface area contributed by atoms with E-state index in [2.05, 4.69) is 0 Å². The van der Waals surface area contributed by atoms with Crippen molar-refractivity contribution in [3.05, 3.63) is 106 Å². The van der Waals surface area contributed by atoms with Gasteiger partial charge in [0.1, 0.15) is 6.61 Å². The third-order valence-corrected chi connectivity index (χ3v) is 9.05. The summed E-state index contributed by atoms with van der Waals surface area (Å²) in [7, 11) is 0. The Morgan fingerprint density at radius 1 is 1.11 bits per heavy atom. The molecule has 0 unspecified atom stereocenters. The molecule has 9 nitrogen and oxygen atoms in total.